The zero-order valence-electron chi connectivity index (χ0n) is 14.5. The lowest BCUT2D eigenvalue weighted by molar-refractivity contribution is -0.120. The summed E-state index contributed by atoms with van der Waals surface area (Å²) >= 11 is 1.42. The van der Waals surface area contributed by atoms with E-state index in [1.807, 2.05) is 43.0 Å². The lowest BCUT2D eigenvalue weighted by atomic mass is 10.1. The molecule has 8 heteroatoms. The van der Waals surface area contributed by atoms with Gasteiger partial charge in [-0.1, -0.05) is 37.7 Å². The number of methoxy groups -OCH3 is 1. The number of aliphatic imine (C=N–C) groups is 1. The minimum absolute atomic E-state index is 0.0537. The molecule has 0 saturated carbocycles. The summed E-state index contributed by atoms with van der Waals surface area (Å²) in [6.45, 7) is 4.15. The fourth-order valence-electron chi connectivity index (χ4n) is 2.97. The smallest absolute Gasteiger partial charge is 0.250 e. The van der Waals surface area contributed by atoms with Crippen LogP contribution in [0.15, 0.2) is 29.3 Å². The third kappa shape index (κ3) is 4.00. The average molecular weight is 383 g/mol. The number of fused-ring (bicyclic) bond motifs is 1. The van der Waals surface area contributed by atoms with Gasteiger partial charge in [0.1, 0.15) is 5.75 Å². The molecule has 1 amide bonds. The standard InChI is InChI=1S/C17H22N2O4S2/c1-11(2)16(20)18-17-19(8-12-4-6-13(23-3)7-5-12)14-9-25(21,22)10-15(14)24-17/h4-7,11,14-15H,8-10H2,1-3H3. The Kier molecular flexibility index (Phi) is 5.11. The highest BCUT2D eigenvalue weighted by Gasteiger charge is 2.48. The van der Waals surface area contributed by atoms with E-state index in [1.54, 1.807) is 7.11 Å². The fourth-order valence-corrected chi connectivity index (χ4v) is 6.93. The van der Waals surface area contributed by atoms with E-state index < -0.39 is 9.84 Å². The van der Waals surface area contributed by atoms with Crippen LogP contribution in [0, 0.1) is 5.92 Å². The van der Waals surface area contributed by atoms with Gasteiger partial charge >= 0.3 is 0 Å². The molecule has 0 aliphatic carbocycles. The number of carbonyl (C=O) groups excluding carboxylic acids is 1. The summed E-state index contributed by atoms with van der Waals surface area (Å²) in [5, 5.41) is 0.585. The normalized spacial score (nSPS) is 26.2. The Morgan fingerprint density at radius 1 is 1.32 bits per heavy atom. The summed E-state index contributed by atoms with van der Waals surface area (Å²) in [6.07, 6.45) is 0. The van der Waals surface area contributed by atoms with Crippen LogP contribution in [0.5, 0.6) is 5.75 Å². The maximum absolute atomic E-state index is 12.1. The highest BCUT2D eigenvalue weighted by molar-refractivity contribution is 8.15. The van der Waals surface area contributed by atoms with Crippen molar-refractivity contribution in [3.8, 4) is 5.75 Å². The first-order valence-corrected chi connectivity index (χ1v) is 10.9. The van der Waals surface area contributed by atoms with E-state index in [0.717, 1.165) is 11.3 Å². The predicted molar refractivity (Wildman–Crippen MR) is 99.6 cm³/mol. The van der Waals surface area contributed by atoms with Crippen molar-refractivity contribution in [2.75, 3.05) is 18.6 Å². The maximum atomic E-state index is 12.1. The lowest BCUT2D eigenvalue weighted by Crippen LogP contribution is -2.37. The van der Waals surface area contributed by atoms with E-state index in [2.05, 4.69) is 4.99 Å². The molecule has 2 fully saturated rings. The second-order valence-electron chi connectivity index (χ2n) is 6.66. The van der Waals surface area contributed by atoms with Crippen LogP contribution in [0.25, 0.3) is 0 Å². The average Bonchev–Trinajstić information content (AvgIpc) is 3.01. The van der Waals surface area contributed by atoms with E-state index in [0.29, 0.717) is 11.7 Å². The van der Waals surface area contributed by atoms with Crippen LogP contribution in [-0.2, 0) is 21.2 Å². The van der Waals surface area contributed by atoms with Gasteiger partial charge in [-0.2, -0.15) is 4.99 Å². The first kappa shape index (κ1) is 18.3. The van der Waals surface area contributed by atoms with Crippen molar-refractivity contribution in [2.24, 2.45) is 10.9 Å². The molecule has 0 spiro atoms. The van der Waals surface area contributed by atoms with Crippen LogP contribution < -0.4 is 4.74 Å². The van der Waals surface area contributed by atoms with Gasteiger partial charge in [0.05, 0.1) is 24.7 Å². The van der Waals surface area contributed by atoms with Gasteiger partial charge in [-0.3, -0.25) is 4.79 Å². The molecule has 2 saturated heterocycles. The number of sulfone groups is 1. The van der Waals surface area contributed by atoms with Crippen LogP contribution in [0.3, 0.4) is 0 Å². The molecule has 2 aliphatic rings. The molecule has 2 atom stereocenters. The number of ether oxygens (including phenoxy) is 1. The van der Waals surface area contributed by atoms with Crippen molar-refractivity contribution in [3.63, 3.8) is 0 Å². The van der Waals surface area contributed by atoms with Crippen LogP contribution in [0.2, 0.25) is 0 Å². The topological polar surface area (TPSA) is 76.0 Å². The third-order valence-corrected chi connectivity index (χ3v) is 7.63. The van der Waals surface area contributed by atoms with Crippen molar-refractivity contribution >= 4 is 32.7 Å². The molecule has 1 aromatic rings. The highest BCUT2D eigenvalue weighted by atomic mass is 32.2. The van der Waals surface area contributed by atoms with Crippen molar-refractivity contribution < 1.29 is 17.9 Å². The Morgan fingerprint density at radius 2 is 2.00 bits per heavy atom. The number of rotatable bonds is 4. The van der Waals surface area contributed by atoms with E-state index in [9.17, 15) is 13.2 Å². The third-order valence-electron chi connectivity index (χ3n) is 4.39. The van der Waals surface area contributed by atoms with Gasteiger partial charge in [0.2, 0.25) is 0 Å². The number of hydrogen-bond acceptors (Lipinski definition) is 5. The van der Waals surface area contributed by atoms with Gasteiger partial charge in [-0.25, -0.2) is 8.42 Å². The molecule has 1 aromatic carbocycles. The van der Waals surface area contributed by atoms with Gasteiger partial charge in [-0.05, 0) is 17.7 Å². The van der Waals surface area contributed by atoms with Gasteiger partial charge in [0, 0.05) is 17.7 Å². The monoisotopic (exact) mass is 382 g/mol. The Hall–Kier alpha value is -1.54. The summed E-state index contributed by atoms with van der Waals surface area (Å²) in [7, 11) is -1.42. The van der Waals surface area contributed by atoms with Gasteiger partial charge in [0.25, 0.3) is 5.91 Å². The minimum Gasteiger partial charge on any atom is -0.497 e. The van der Waals surface area contributed by atoms with Crippen molar-refractivity contribution in [3.05, 3.63) is 29.8 Å². The minimum atomic E-state index is -3.03. The lowest BCUT2D eigenvalue weighted by Gasteiger charge is -2.24. The molecule has 25 heavy (non-hydrogen) atoms. The summed E-state index contributed by atoms with van der Waals surface area (Å²) < 4.78 is 29.2. The second kappa shape index (κ2) is 6.99. The molecule has 0 radical (unpaired) electrons. The Balaban J connectivity index is 1.87. The maximum Gasteiger partial charge on any atom is 0.250 e. The molecule has 2 unspecified atom stereocenters. The summed E-state index contributed by atoms with van der Waals surface area (Å²) in [5.41, 5.74) is 1.02. The predicted octanol–water partition coefficient (Wildman–Crippen LogP) is 1.95. The first-order chi connectivity index (χ1) is 11.8. The fraction of sp³-hybridized carbons (Fsp3) is 0.529. The zero-order chi connectivity index (χ0) is 18.2. The van der Waals surface area contributed by atoms with Crippen LogP contribution in [0.1, 0.15) is 19.4 Å². The molecule has 136 valence electrons. The molecular weight excluding hydrogens is 360 g/mol. The number of thioether (sulfide) groups is 1. The molecule has 6 nitrogen and oxygen atoms in total. The number of benzene rings is 1. The SMILES string of the molecule is COc1ccc(CN2C(=NC(=O)C(C)C)SC3CS(=O)(=O)CC32)cc1. The second-order valence-corrected chi connectivity index (χ2v) is 10.0. The molecule has 2 heterocycles. The van der Waals surface area contributed by atoms with E-state index >= 15 is 0 Å². The molecule has 2 aliphatic heterocycles. The Labute approximate surface area is 152 Å². The van der Waals surface area contributed by atoms with Crippen LogP contribution >= 0.6 is 11.8 Å². The quantitative estimate of drug-likeness (QED) is 0.792. The van der Waals surface area contributed by atoms with Gasteiger partial charge < -0.3 is 9.64 Å². The Bertz CT molecular complexity index is 787. The number of carbonyl (C=O) groups is 1. The van der Waals surface area contributed by atoms with Crippen molar-refractivity contribution in [1.82, 2.24) is 4.90 Å². The van der Waals surface area contributed by atoms with E-state index in [4.69, 9.17) is 4.74 Å². The van der Waals surface area contributed by atoms with E-state index in [1.165, 1.54) is 11.8 Å². The molecular formula is C17H22N2O4S2. The molecule has 0 aromatic heterocycles. The number of amides is 1. The van der Waals surface area contributed by atoms with Crippen LogP contribution in [-0.4, -0.2) is 54.3 Å². The number of hydrogen-bond donors (Lipinski definition) is 0. The number of amidine groups is 1. The van der Waals surface area contributed by atoms with Crippen LogP contribution in [0.4, 0.5) is 0 Å². The molecule has 0 N–H and O–H groups in total. The van der Waals surface area contributed by atoms with Gasteiger partial charge in [-0.15, -0.1) is 0 Å². The largest absolute Gasteiger partial charge is 0.497 e. The molecule has 0 bridgehead atoms. The summed E-state index contributed by atoms with van der Waals surface area (Å²) in [6, 6.07) is 7.51. The highest BCUT2D eigenvalue weighted by Crippen LogP contribution is 2.39. The van der Waals surface area contributed by atoms with E-state index in [-0.39, 0.29) is 34.6 Å². The first-order valence-electron chi connectivity index (χ1n) is 8.18. The summed E-state index contributed by atoms with van der Waals surface area (Å²) in [4.78, 5) is 18.3. The molecule has 3 rings (SSSR count). The summed E-state index contributed by atoms with van der Waals surface area (Å²) in [5.74, 6) is 0.682. The Morgan fingerprint density at radius 3 is 2.60 bits per heavy atom. The number of nitrogens with zero attached hydrogens (tertiary/aromatic N) is 2. The zero-order valence-corrected chi connectivity index (χ0v) is 16.1. The van der Waals surface area contributed by atoms with Crippen molar-refractivity contribution in [2.45, 2.75) is 31.7 Å². The van der Waals surface area contributed by atoms with Gasteiger partial charge in [0.15, 0.2) is 15.0 Å². The van der Waals surface area contributed by atoms with Crippen molar-refractivity contribution in [1.29, 1.82) is 0 Å².